The van der Waals surface area contributed by atoms with Crippen LogP contribution in [0.4, 0.5) is 0 Å². The quantitative estimate of drug-likeness (QED) is 0.324. The molecule has 0 aromatic carbocycles. The lowest BCUT2D eigenvalue weighted by atomic mass is 10.0. The molecular weight excluding hydrogens is 210 g/mol. The molecular formula is C10H23N3O3. The molecule has 0 spiro atoms. The number of aliphatic carboxylic acids is 1. The second-order valence-corrected chi connectivity index (χ2v) is 4.04. The Morgan fingerprint density at radius 1 is 1.12 bits per heavy atom. The van der Waals surface area contributed by atoms with E-state index < -0.39 is 18.1 Å². The molecule has 0 aliphatic heterocycles. The van der Waals surface area contributed by atoms with Crippen molar-refractivity contribution in [3.8, 4) is 0 Å². The standard InChI is InChI=1S/C10H23N3O3/c11-6-5-9(14)7(12)3-1-2-4-8(13)10(15)16/h7-9,14H,1-6,11-13H2,(H,15,16)/t7?,8-,9?/m0/s1. The van der Waals surface area contributed by atoms with Gasteiger partial charge >= 0.3 is 5.97 Å². The summed E-state index contributed by atoms with van der Waals surface area (Å²) in [5.74, 6) is -0.979. The van der Waals surface area contributed by atoms with Crippen LogP contribution in [0.2, 0.25) is 0 Å². The zero-order valence-corrected chi connectivity index (χ0v) is 9.51. The van der Waals surface area contributed by atoms with Crippen LogP contribution in [0.3, 0.4) is 0 Å². The van der Waals surface area contributed by atoms with E-state index in [9.17, 15) is 9.90 Å². The van der Waals surface area contributed by atoms with Crippen molar-refractivity contribution < 1.29 is 15.0 Å². The number of unbranched alkanes of at least 4 members (excludes halogenated alkanes) is 1. The Labute approximate surface area is 95.8 Å². The molecule has 8 N–H and O–H groups in total. The number of carboxylic acid groups (broad SMARTS) is 1. The van der Waals surface area contributed by atoms with Crippen molar-refractivity contribution in [3.63, 3.8) is 0 Å². The molecule has 0 aliphatic rings. The second-order valence-electron chi connectivity index (χ2n) is 4.04. The van der Waals surface area contributed by atoms with Gasteiger partial charge in [0.05, 0.1) is 6.10 Å². The maximum absolute atomic E-state index is 10.4. The Hall–Kier alpha value is -0.690. The lowest BCUT2D eigenvalue weighted by Crippen LogP contribution is -2.36. The summed E-state index contributed by atoms with van der Waals surface area (Å²) < 4.78 is 0. The highest BCUT2D eigenvalue weighted by Gasteiger charge is 2.14. The highest BCUT2D eigenvalue weighted by atomic mass is 16.4. The number of carbonyl (C=O) groups is 1. The first-order chi connectivity index (χ1) is 7.49. The van der Waals surface area contributed by atoms with Gasteiger partial charge in [0, 0.05) is 6.04 Å². The number of hydrogen-bond acceptors (Lipinski definition) is 5. The third kappa shape index (κ3) is 6.73. The Bertz CT molecular complexity index is 202. The number of carboxylic acids is 1. The van der Waals surface area contributed by atoms with Crippen molar-refractivity contribution >= 4 is 5.97 Å². The molecule has 96 valence electrons. The predicted octanol–water partition coefficient (Wildman–Crippen LogP) is -1.00. The van der Waals surface area contributed by atoms with Gasteiger partial charge < -0.3 is 27.4 Å². The van der Waals surface area contributed by atoms with E-state index >= 15 is 0 Å². The molecule has 6 nitrogen and oxygen atoms in total. The molecule has 0 aliphatic carbocycles. The van der Waals surface area contributed by atoms with Crippen molar-refractivity contribution in [2.24, 2.45) is 17.2 Å². The summed E-state index contributed by atoms with van der Waals surface area (Å²) in [5, 5.41) is 18.0. The van der Waals surface area contributed by atoms with Crippen LogP contribution in [-0.4, -0.2) is 40.9 Å². The molecule has 0 bridgehead atoms. The summed E-state index contributed by atoms with van der Waals surface area (Å²) in [6.45, 7) is 0.415. The molecule has 0 saturated carbocycles. The van der Waals surface area contributed by atoms with Gasteiger partial charge in [0.15, 0.2) is 0 Å². The first-order valence-electron chi connectivity index (χ1n) is 5.61. The molecule has 0 saturated heterocycles. The van der Waals surface area contributed by atoms with E-state index in [0.29, 0.717) is 32.2 Å². The summed E-state index contributed by atoms with van der Waals surface area (Å²) >= 11 is 0. The van der Waals surface area contributed by atoms with Crippen molar-refractivity contribution in [2.75, 3.05) is 6.54 Å². The van der Waals surface area contributed by atoms with Crippen molar-refractivity contribution in [1.82, 2.24) is 0 Å². The maximum Gasteiger partial charge on any atom is 0.320 e. The fraction of sp³-hybridized carbons (Fsp3) is 0.900. The normalized spacial score (nSPS) is 16.8. The highest BCUT2D eigenvalue weighted by Crippen LogP contribution is 2.08. The van der Waals surface area contributed by atoms with Crippen LogP contribution in [0.5, 0.6) is 0 Å². The zero-order chi connectivity index (χ0) is 12.6. The Morgan fingerprint density at radius 3 is 2.19 bits per heavy atom. The first kappa shape index (κ1) is 15.3. The molecule has 3 atom stereocenters. The number of aliphatic hydroxyl groups is 1. The van der Waals surface area contributed by atoms with E-state index in [0.717, 1.165) is 6.42 Å². The number of aliphatic hydroxyl groups excluding tert-OH is 1. The van der Waals surface area contributed by atoms with Crippen LogP contribution in [0.15, 0.2) is 0 Å². The van der Waals surface area contributed by atoms with Gasteiger partial charge in [-0.2, -0.15) is 0 Å². The second kappa shape index (κ2) is 8.46. The number of hydrogen-bond donors (Lipinski definition) is 5. The molecule has 2 unspecified atom stereocenters. The molecule has 16 heavy (non-hydrogen) atoms. The van der Waals surface area contributed by atoms with Gasteiger partial charge in [0.2, 0.25) is 0 Å². The molecule has 0 fully saturated rings. The molecule has 0 heterocycles. The third-order valence-electron chi connectivity index (χ3n) is 2.58. The Balaban J connectivity index is 3.54. The lowest BCUT2D eigenvalue weighted by Gasteiger charge is -2.18. The molecule has 0 amide bonds. The van der Waals surface area contributed by atoms with Crippen molar-refractivity contribution in [2.45, 2.75) is 50.3 Å². The first-order valence-corrected chi connectivity index (χ1v) is 5.61. The van der Waals surface area contributed by atoms with Gasteiger partial charge in [0.25, 0.3) is 0 Å². The number of nitrogens with two attached hydrogens (primary N) is 3. The van der Waals surface area contributed by atoms with Gasteiger partial charge in [-0.05, 0) is 25.8 Å². The van der Waals surface area contributed by atoms with Crippen LogP contribution in [0, 0.1) is 0 Å². The van der Waals surface area contributed by atoms with Gasteiger partial charge in [0.1, 0.15) is 6.04 Å². The molecule has 0 rings (SSSR count). The summed E-state index contributed by atoms with van der Waals surface area (Å²) in [5.41, 5.74) is 16.4. The van der Waals surface area contributed by atoms with E-state index in [2.05, 4.69) is 0 Å². The van der Waals surface area contributed by atoms with Crippen molar-refractivity contribution in [1.29, 1.82) is 0 Å². The monoisotopic (exact) mass is 233 g/mol. The predicted molar refractivity (Wildman–Crippen MR) is 61.7 cm³/mol. The summed E-state index contributed by atoms with van der Waals surface area (Å²) in [7, 11) is 0. The van der Waals surface area contributed by atoms with E-state index in [-0.39, 0.29) is 6.04 Å². The SMILES string of the molecule is NCCC(O)C(N)CCCC[C@H](N)C(=O)O. The van der Waals surface area contributed by atoms with Crippen LogP contribution in [-0.2, 0) is 4.79 Å². The molecule has 0 radical (unpaired) electrons. The smallest absolute Gasteiger partial charge is 0.320 e. The van der Waals surface area contributed by atoms with E-state index in [1.54, 1.807) is 0 Å². The minimum absolute atomic E-state index is 0.287. The van der Waals surface area contributed by atoms with E-state index in [1.165, 1.54) is 0 Å². The van der Waals surface area contributed by atoms with Crippen LogP contribution < -0.4 is 17.2 Å². The van der Waals surface area contributed by atoms with Crippen LogP contribution >= 0.6 is 0 Å². The fourth-order valence-corrected chi connectivity index (χ4v) is 1.44. The summed E-state index contributed by atoms with van der Waals surface area (Å²) in [6.07, 6.45) is 2.50. The minimum atomic E-state index is -0.979. The van der Waals surface area contributed by atoms with Gasteiger partial charge in [-0.1, -0.05) is 12.8 Å². The van der Waals surface area contributed by atoms with Crippen LogP contribution in [0.25, 0.3) is 0 Å². The molecule has 0 aromatic heterocycles. The average molecular weight is 233 g/mol. The van der Waals surface area contributed by atoms with E-state index in [1.807, 2.05) is 0 Å². The summed E-state index contributed by atoms with van der Waals surface area (Å²) in [6, 6.07) is -1.09. The summed E-state index contributed by atoms with van der Waals surface area (Å²) in [4.78, 5) is 10.4. The average Bonchev–Trinajstić information content (AvgIpc) is 2.23. The number of rotatable bonds is 9. The van der Waals surface area contributed by atoms with E-state index in [4.69, 9.17) is 22.3 Å². The zero-order valence-electron chi connectivity index (χ0n) is 9.51. The van der Waals surface area contributed by atoms with Crippen LogP contribution in [0.1, 0.15) is 32.1 Å². The molecule has 6 heteroatoms. The highest BCUT2D eigenvalue weighted by molar-refractivity contribution is 5.72. The fourth-order valence-electron chi connectivity index (χ4n) is 1.44. The largest absolute Gasteiger partial charge is 0.480 e. The Kier molecular flexibility index (Phi) is 8.10. The van der Waals surface area contributed by atoms with Gasteiger partial charge in [-0.15, -0.1) is 0 Å². The third-order valence-corrected chi connectivity index (χ3v) is 2.58. The van der Waals surface area contributed by atoms with Gasteiger partial charge in [-0.3, -0.25) is 4.79 Å². The van der Waals surface area contributed by atoms with Crippen molar-refractivity contribution in [3.05, 3.63) is 0 Å². The topological polar surface area (TPSA) is 136 Å². The Morgan fingerprint density at radius 2 is 1.69 bits per heavy atom. The lowest BCUT2D eigenvalue weighted by molar-refractivity contribution is -0.138. The van der Waals surface area contributed by atoms with Gasteiger partial charge in [-0.25, -0.2) is 0 Å². The molecule has 0 aromatic rings. The minimum Gasteiger partial charge on any atom is -0.480 e. The maximum atomic E-state index is 10.4.